The molecule has 0 aromatic heterocycles. The maximum atomic E-state index is 13.6. The number of hydrogen-bond acceptors (Lipinski definition) is 4. The molecule has 0 saturated heterocycles. The van der Waals surface area contributed by atoms with E-state index in [-0.39, 0.29) is 22.6 Å². The molecule has 26 heavy (non-hydrogen) atoms. The topological polar surface area (TPSA) is 63.7 Å². The highest BCUT2D eigenvalue weighted by Gasteiger charge is 2.25. The van der Waals surface area contributed by atoms with Gasteiger partial charge in [0.15, 0.2) is 0 Å². The average molecular weight is 379 g/mol. The van der Waals surface area contributed by atoms with E-state index in [1.807, 2.05) is 0 Å². The molecule has 2 rings (SSSR count). The Kier molecular flexibility index (Phi) is 6.50. The van der Waals surface area contributed by atoms with Crippen LogP contribution >= 0.6 is 0 Å². The Bertz CT molecular complexity index is 892. The van der Waals surface area contributed by atoms with Crippen LogP contribution in [0.25, 0.3) is 0 Å². The van der Waals surface area contributed by atoms with Crippen LogP contribution < -0.4 is 0 Å². The summed E-state index contributed by atoms with van der Waals surface area (Å²) in [5.41, 5.74) is 0.907. The summed E-state index contributed by atoms with van der Waals surface area (Å²) >= 11 is 0. The maximum Gasteiger partial charge on any atom is 0.338 e. The molecule has 2 aromatic rings. The molecule has 140 valence electrons. The summed E-state index contributed by atoms with van der Waals surface area (Å²) in [5.74, 6) is -1.17. The van der Waals surface area contributed by atoms with Gasteiger partial charge in [0.1, 0.15) is 12.4 Å². The van der Waals surface area contributed by atoms with E-state index >= 15 is 0 Å². The van der Waals surface area contributed by atoms with Gasteiger partial charge in [-0.15, -0.1) is 0 Å². The zero-order chi connectivity index (χ0) is 19.3. The van der Waals surface area contributed by atoms with Crippen molar-refractivity contribution >= 4 is 16.0 Å². The minimum absolute atomic E-state index is 0.0709. The van der Waals surface area contributed by atoms with E-state index in [4.69, 9.17) is 4.74 Å². The van der Waals surface area contributed by atoms with Crippen LogP contribution in [0.2, 0.25) is 0 Å². The summed E-state index contributed by atoms with van der Waals surface area (Å²) in [4.78, 5) is 12.3. The normalized spacial score (nSPS) is 11.6. The molecule has 0 aliphatic heterocycles. The van der Waals surface area contributed by atoms with Gasteiger partial charge in [0.05, 0.1) is 10.5 Å². The van der Waals surface area contributed by atoms with Crippen molar-refractivity contribution in [3.05, 3.63) is 65.0 Å². The number of benzene rings is 2. The van der Waals surface area contributed by atoms with E-state index < -0.39 is 21.8 Å². The van der Waals surface area contributed by atoms with E-state index in [0.29, 0.717) is 18.7 Å². The minimum Gasteiger partial charge on any atom is -0.457 e. The molecule has 5 nitrogen and oxygen atoms in total. The smallest absolute Gasteiger partial charge is 0.338 e. The van der Waals surface area contributed by atoms with Gasteiger partial charge in [0.2, 0.25) is 10.0 Å². The molecular weight excluding hydrogens is 357 g/mol. The summed E-state index contributed by atoms with van der Waals surface area (Å²) in [5, 5.41) is 0. The molecule has 0 saturated carbocycles. The number of carbonyl (C=O) groups is 1. The lowest BCUT2D eigenvalue weighted by Crippen LogP contribution is -2.31. The number of nitrogens with zero attached hydrogens (tertiary/aromatic N) is 1. The van der Waals surface area contributed by atoms with Gasteiger partial charge in [0, 0.05) is 18.7 Å². The Morgan fingerprint density at radius 2 is 1.77 bits per heavy atom. The Labute approximate surface area is 153 Å². The molecule has 0 fully saturated rings. The van der Waals surface area contributed by atoms with Crippen LogP contribution in [0.5, 0.6) is 0 Å². The van der Waals surface area contributed by atoms with Crippen molar-refractivity contribution in [3.8, 4) is 0 Å². The van der Waals surface area contributed by atoms with Gasteiger partial charge in [-0.3, -0.25) is 0 Å². The SMILES string of the molecule is CCN(CC)S(=O)(=O)c1cc(C(=O)OCc2ccccc2F)ccc1C. The number of esters is 1. The second-order valence-corrected chi connectivity index (χ2v) is 7.64. The van der Waals surface area contributed by atoms with Crippen molar-refractivity contribution in [2.24, 2.45) is 0 Å². The second-order valence-electron chi connectivity index (χ2n) is 5.74. The Hall–Kier alpha value is -2.25. The number of ether oxygens (including phenoxy) is 1. The molecule has 0 unspecified atom stereocenters. The fraction of sp³-hybridized carbons (Fsp3) is 0.316. The molecule has 0 N–H and O–H groups in total. The molecule has 0 aliphatic carbocycles. The highest BCUT2D eigenvalue weighted by Crippen LogP contribution is 2.22. The van der Waals surface area contributed by atoms with E-state index in [2.05, 4.69) is 0 Å². The monoisotopic (exact) mass is 379 g/mol. The van der Waals surface area contributed by atoms with Crippen LogP contribution in [-0.4, -0.2) is 31.8 Å². The molecule has 0 heterocycles. The van der Waals surface area contributed by atoms with Gasteiger partial charge >= 0.3 is 5.97 Å². The number of carbonyl (C=O) groups excluding carboxylic acids is 1. The lowest BCUT2D eigenvalue weighted by atomic mass is 10.1. The van der Waals surface area contributed by atoms with Crippen molar-refractivity contribution < 1.29 is 22.3 Å². The summed E-state index contributed by atoms with van der Waals surface area (Å²) in [6, 6.07) is 10.4. The third-order valence-electron chi connectivity index (χ3n) is 4.06. The van der Waals surface area contributed by atoms with Crippen molar-refractivity contribution in [2.45, 2.75) is 32.3 Å². The van der Waals surface area contributed by atoms with E-state index in [0.717, 1.165) is 0 Å². The van der Waals surface area contributed by atoms with Crippen LogP contribution in [0, 0.1) is 12.7 Å². The first-order valence-corrected chi connectivity index (χ1v) is 9.76. The maximum absolute atomic E-state index is 13.6. The highest BCUT2D eigenvalue weighted by molar-refractivity contribution is 7.89. The fourth-order valence-electron chi connectivity index (χ4n) is 2.55. The third kappa shape index (κ3) is 4.28. The molecule has 0 amide bonds. The van der Waals surface area contributed by atoms with Crippen LogP contribution in [0.15, 0.2) is 47.4 Å². The van der Waals surface area contributed by atoms with Gasteiger partial charge in [-0.25, -0.2) is 17.6 Å². The summed E-state index contributed by atoms with van der Waals surface area (Å²) in [6.07, 6.45) is 0. The quantitative estimate of drug-likeness (QED) is 0.691. The number of hydrogen-bond donors (Lipinski definition) is 0. The molecule has 2 aromatic carbocycles. The molecule has 0 atom stereocenters. The van der Waals surface area contributed by atoms with Gasteiger partial charge < -0.3 is 4.74 Å². The number of halogens is 1. The summed E-state index contributed by atoms with van der Waals surface area (Å²) in [6.45, 7) is 5.62. The molecule has 0 spiro atoms. The molecule has 0 radical (unpaired) electrons. The molecule has 0 aliphatic rings. The fourth-order valence-corrected chi connectivity index (χ4v) is 4.26. The van der Waals surface area contributed by atoms with Crippen LogP contribution in [0.4, 0.5) is 4.39 Å². The Morgan fingerprint density at radius 3 is 2.38 bits per heavy atom. The summed E-state index contributed by atoms with van der Waals surface area (Å²) < 4.78 is 45.5. The van der Waals surface area contributed by atoms with Crippen molar-refractivity contribution in [1.29, 1.82) is 0 Å². The Balaban J connectivity index is 2.26. The van der Waals surface area contributed by atoms with Crippen molar-refractivity contribution in [3.63, 3.8) is 0 Å². The largest absolute Gasteiger partial charge is 0.457 e. The summed E-state index contributed by atoms with van der Waals surface area (Å²) in [7, 11) is -3.70. The number of aryl methyl sites for hydroxylation is 1. The van der Waals surface area contributed by atoms with Crippen LogP contribution in [0.3, 0.4) is 0 Å². The van der Waals surface area contributed by atoms with Gasteiger partial charge in [-0.1, -0.05) is 38.1 Å². The predicted molar refractivity (Wildman–Crippen MR) is 96.8 cm³/mol. The van der Waals surface area contributed by atoms with Gasteiger partial charge in [0.25, 0.3) is 0 Å². The lowest BCUT2D eigenvalue weighted by Gasteiger charge is -2.20. The first-order chi connectivity index (χ1) is 12.3. The van der Waals surface area contributed by atoms with E-state index in [9.17, 15) is 17.6 Å². The van der Waals surface area contributed by atoms with E-state index in [1.54, 1.807) is 39.0 Å². The zero-order valence-corrected chi connectivity index (χ0v) is 15.8. The number of rotatable bonds is 7. The van der Waals surface area contributed by atoms with Crippen molar-refractivity contribution in [2.75, 3.05) is 13.1 Å². The highest BCUT2D eigenvalue weighted by atomic mass is 32.2. The van der Waals surface area contributed by atoms with Crippen LogP contribution in [0.1, 0.15) is 35.3 Å². The standard InChI is InChI=1S/C19H22FNO4S/c1-4-21(5-2)26(23,24)18-12-15(11-10-14(18)3)19(22)25-13-16-8-6-7-9-17(16)20/h6-12H,4-5,13H2,1-3H3. The zero-order valence-electron chi connectivity index (χ0n) is 15.0. The predicted octanol–water partition coefficient (Wildman–Crippen LogP) is 3.52. The van der Waals surface area contributed by atoms with E-state index in [1.165, 1.54) is 28.6 Å². The molecule has 7 heteroatoms. The molecular formula is C19H22FNO4S. The van der Waals surface area contributed by atoms with Gasteiger partial charge in [-0.2, -0.15) is 4.31 Å². The second kappa shape index (κ2) is 8.42. The minimum atomic E-state index is -3.70. The van der Waals surface area contributed by atoms with Crippen LogP contribution in [-0.2, 0) is 21.4 Å². The lowest BCUT2D eigenvalue weighted by molar-refractivity contribution is 0.0468. The average Bonchev–Trinajstić information content (AvgIpc) is 2.61. The van der Waals surface area contributed by atoms with Crippen molar-refractivity contribution in [1.82, 2.24) is 4.31 Å². The molecule has 0 bridgehead atoms. The third-order valence-corrected chi connectivity index (χ3v) is 6.26. The number of sulfonamides is 1. The van der Waals surface area contributed by atoms with Gasteiger partial charge in [-0.05, 0) is 30.7 Å². The first kappa shape index (κ1) is 20.1. The first-order valence-electron chi connectivity index (χ1n) is 8.32. The Morgan fingerprint density at radius 1 is 1.12 bits per heavy atom.